The third-order valence-electron chi connectivity index (χ3n) is 1.81. The average Bonchev–Trinajstić information content (AvgIpc) is 2.20. The molecule has 0 fully saturated rings. The summed E-state index contributed by atoms with van der Waals surface area (Å²) in [6, 6.07) is 6.31. The predicted octanol–water partition coefficient (Wildman–Crippen LogP) is 0.902. The molecule has 80 valence electrons. The van der Waals surface area contributed by atoms with Crippen LogP contribution in [0.1, 0.15) is 12.5 Å². The number of nitrogens with one attached hydrogen (secondary N) is 1. The van der Waals surface area contributed by atoms with E-state index in [9.17, 15) is 8.42 Å². The number of rotatable bonds is 3. The number of nitrogen functional groups attached to an aromatic ring is 1. The van der Waals surface area contributed by atoms with Crippen molar-refractivity contribution in [3.8, 4) is 6.07 Å². The molecule has 0 aliphatic carbocycles. The van der Waals surface area contributed by atoms with Gasteiger partial charge in [-0.2, -0.15) is 5.26 Å². The van der Waals surface area contributed by atoms with Gasteiger partial charge in [0.25, 0.3) is 0 Å². The van der Waals surface area contributed by atoms with Gasteiger partial charge >= 0.3 is 0 Å². The standard InChI is InChI=1S/C9H11N3O2S/c1-2-15(13,14)12-9-4-3-8(11)5-7(9)6-10/h3-5,12H,2,11H2,1H3. The van der Waals surface area contributed by atoms with E-state index < -0.39 is 10.0 Å². The van der Waals surface area contributed by atoms with Gasteiger partial charge in [0.15, 0.2) is 0 Å². The molecule has 0 aliphatic rings. The molecule has 0 spiro atoms. The lowest BCUT2D eigenvalue weighted by Crippen LogP contribution is -2.15. The number of nitrogens with two attached hydrogens (primary N) is 1. The van der Waals surface area contributed by atoms with Crippen molar-refractivity contribution in [1.29, 1.82) is 5.26 Å². The van der Waals surface area contributed by atoms with Crippen LogP contribution in [0.15, 0.2) is 18.2 Å². The number of nitriles is 1. The zero-order valence-electron chi connectivity index (χ0n) is 8.19. The second-order valence-electron chi connectivity index (χ2n) is 2.92. The van der Waals surface area contributed by atoms with Crippen LogP contribution in [0, 0.1) is 11.3 Å². The largest absolute Gasteiger partial charge is 0.399 e. The molecule has 0 amide bonds. The van der Waals surface area contributed by atoms with E-state index in [-0.39, 0.29) is 17.0 Å². The molecular weight excluding hydrogens is 214 g/mol. The van der Waals surface area contributed by atoms with Crippen molar-refractivity contribution in [3.63, 3.8) is 0 Å². The first kappa shape index (κ1) is 11.3. The van der Waals surface area contributed by atoms with E-state index >= 15 is 0 Å². The van der Waals surface area contributed by atoms with Crippen LogP contribution in [0.3, 0.4) is 0 Å². The molecule has 1 aromatic rings. The number of hydrogen-bond donors (Lipinski definition) is 2. The lowest BCUT2D eigenvalue weighted by atomic mass is 10.2. The van der Waals surface area contributed by atoms with E-state index in [1.807, 2.05) is 6.07 Å². The zero-order valence-corrected chi connectivity index (χ0v) is 9.00. The topological polar surface area (TPSA) is 96.0 Å². The van der Waals surface area contributed by atoms with Crippen LogP contribution in [-0.4, -0.2) is 14.2 Å². The van der Waals surface area contributed by atoms with Gasteiger partial charge in [0, 0.05) is 5.69 Å². The number of nitrogens with zero attached hydrogens (tertiary/aromatic N) is 1. The monoisotopic (exact) mass is 225 g/mol. The van der Waals surface area contributed by atoms with Crippen molar-refractivity contribution in [2.75, 3.05) is 16.2 Å². The Kier molecular flexibility index (Phi) is 3.17. The van der Waals surface area contributed by atoms with E-state index in [0.29, 0.717) is 5.69 Å². The second-order valence-corrected chi connectivity index (χ2v) is 4.93. The summed E-state index contributed by atoms with van der Waals surface area (Å²) in [6.07, 6.45) is 0. The fourth-order valence-electron chi connectivity index (χ4n) is 0.983. The Labute approximate surface area is 88.6 Å². The summed E-state index contributed by atoms with van der Waals surface area (Å²) >= 11 is 0. The van der Waals surface area contributed by atoms with Gasteiger partial charge in [-0.25, -0.2) is 8.42 Å². The molecule has 0 aliphatic heterocycles. The van der Waals surface area contributed by atoms with E-state index in [4.69, 9.17) is 11.0 Å². The van der Waals surface area contributed by atoms with Gasteiger partial charge in [-0.15, -0.1) is 0 Å². The molecule has 1 aromatic carbocycles. The molecule has 6 heteroatoms. The van der Waals surface area contributed by atoms with Gasteiger partial charge in [0.1, 0.15) is 6.07 Å². The molecule has 5 nitrogen and oxygen atoms in total. The molecule has 0 unspecified atom stereocenters. The maximum absolute atomic E-state index is 11.3. The SMILES string of the molecule is CCS(=O)(=O)Nc1ccc(N)cc1C#N. The number of anilines is 2. The van der Waals surface area contributed by atoms with Crippen molar-refractivity contribution in [3.05, 3.63) is 23.8 Å². The van der Waals surface area contributed by atoms with Crippen molar-refractivity contribution < 1.29 is 8.42 Å². The minimum Gasteiger partial charge on any atom is -0.399 e. The summed E-state index contributed by atoms with van der Waals surface area (Å²) < 4.78 is 24.8. The maximum Gasteiger partial charge on any atom is 0.232 e. The quantitative estimate of drug-likeness (QED) is 0.747. The molecular formula is C9H11N3O2S. The molecule has 0 saturated heterocycles. The molecule has 0 radical (unpaired) electrons. The Balaban J connectivity index is 3.12. The summed E-state index contributed by atoms with van der Waals surface area (Å²) in [7, 11) is -3.36. The predicted molar refractivity (Wildman–Crippen MR) is 58.7 cm³/mol. The highest BCUT2D eigenvalue weighted by Crippen LogP contribution is 2.19. The highest BCUT2D eigenvalue weighted by atomic mass is 32.2. The van der Waals surface area contributed by atoms with Crippen LogP contribution in [0.4, 0.5) is 11.4 Å². The Morgan fingerprint density at radius 3 is 2.73 bits per heavy atom. The highest BCUT2D eigenvalue weighted by Gasteiger charge is 2.10. The van der Waals surface area contributed by atoms with Crippen LogP contribution >= 0.6 is 0 Å². The van der Waals surface area contributed by atoms with Crippen LogP contribution in [0.2, 0.25) is 0 Å². The van der Waals surface area contributed by atoms with E-state index in [1.165, 1.54) is 25.1 Å². The Morgan fingerprint density at radius 1 is 1.53 bits per heavy atom. The van der Waals surface area contributed by atoms with E-state index in [1.54, 1.807) is 0 Å². The van der Waals surface area contributed by atoms with Crippen molar-refractivity contribution in [2.24, 2.45) is 0 Å². The number of hydrogen-bond acceptors (Lipinski definition) is 4. The first-order chi connectivity index (χ1) is 6.98. The summed E-state index contributed by atoms with van der Waals surface area (Å²) in [4.78, 5) is 0. The van der Waals surface area contributed by atoms with E-state index in [0.717, 1.165) is 0 Å². The van der Waals surface area contributed by atoms with Crippen molar-refractivity contribution in [1.82, 2.24) is 0 Å². The highest BCUT2D eigenvalue weighted by molar-refractivity contribution is 7.92. The third kappa shape index (κ3) is 2.86. The van der Waals surface area contributed by atoms with Gasteiger partial charge in [-0.1, -0.05) is 0 Å². The second kappa shape index (κ2) is 4.19. The smallest absolute Gasteiger partial charge is 0.232 e. The Morgan fingerprint density at radius 2 is 2.20 bits per heavy atom. The maximum atomic E-state index is 11.3. The minimum absolute atomic E-state index is 0.0394. The fourth-order valence-corrected chi connectivity index (χ4v) is 1.64. The summed E-state index contributed by atoms with van der Waals surface area (Å²) in [5.74, 6) is -0.0394. The van der Waals surface area contributed by atoms with Gasteiger partial charge < -0.3 is 5.73 Å². The van der Waals surface area contributed by atoms with Crippen molar-refractivity contribution >= 4 is 21.4 Å². The van der Waals surface area contributed by atoms with Gasteiger partial charge in [-0.3, -0.25) is 4.72 Å². The Hall–Kier alpha value is -1.74. The van der Waals surface area contributed by atoms with Crippen LogP contribution < -0.4 is 10.5 Å². The Bertz CT molecular complexity index is 503. The van der Waals surface area contributed by atoms with Crippen LogP contribution in [-0.2, 0) is 10.0 Å². The molecule has 1 rings (SSSR count). The summed E-state index contributed by atoms with van der Waals surface area (Å²) in [5, 5.41) is 8.77. The summed E-state index contributed by atoms with van der Waals surface area (Å²) in [5.41, 5.74) is 6.37. The lowest BCUT2D eigenvalue weighted by molar-refractivity contribution is 0.602. The summed E-state index contributed by atoms with van der Waals surface area (Å²) in [6.45, 7) is 1.52. The van der Waals surface area contributed by atoms with Crippen LogP contribution in [0.25, 0.3) is 0 Å². The molecule has 3 N–H and O–H groups in total. The number of benzene rings is 1. The first-order valence-corrected chi connectivity index (χ1v) is 5.94. The molecule has 15 heavy (non-hydrogen) atoms. The van der Waals surface area contributed by atoms with E-state index in [2.05, 4.69) is 4.72 Å². The molecule has 0 bridgehead atoms. The van der Waals surface area contributed by atoms with Crippen molar-refractivity contribution in [2.45, 2.75) is 6.92 Å². The van der Waals surface area contributed by atoms with Gasteiger partial charge in [0.05, 0.1) is 17.0 Å². The van der Waals surface area contributed by atoms with Crippen LogP contribution in [0.5, 0.6) is 0 Å². The lowest BCUT2D eigenvalue weighted by Gasteiger charge is -2.07. The number of sulfonamides is 1. The molecule has 0 atom stereocenters. The first-order valence-electron chi connectivity index (χ1n) is 4.28. The fraction of sp³-hybridized carbons (Fsp3) is 0.222. The molecule has 0 aromatic heterocycles. The molecule has 0 heterocycles. The average molecular weight is 225 g/mol. The normalized spacial score (nSPS) is 10.7. The van der Waals surface area contributed by atoms with Gasteiger partial charge in [0.2, 0.25) is 10.0 Å². The molecule has 0 saturated carbocycles. The van der Waals surface area contributed by atoms with Gasteiger partial charge in [-0.05, 0) is 25.1 Å². The minimum atomic E-state index is -3.36. The zero-order chi connectivity index (χ0) is 11.5. The third-order valence-corrected chi connectivity index (χ3v) is 3.10.